The van der Waals surface area contributed by atoms with Crippen LogP contribution in [0.3, 0.4) is 0 Å². The van der Waals surface area contributed by atoms with Gasteiger partial charge in [0.15, 0.2) is 0 Å². The lowest BCUT2D eigenvalue weighted by atomic mass is 10.0. The Hall–Kier alpha value is -3.34. The maximum atomic E-state index is 12.9. The molecule has 1 aliphatic rings. The summed E-state index contributed by atoms with van der Waals surface area (Å²) in [5.74, 6) is -0.214. The van der Waals surface area contributed by atoms with Gasteiger partial charge in [-0.05, 0) is 18.2 Å². The highest BCUT2D eigenvalue weighted by atomic mass is 16.5. The van der Waals surface area contributed by atoms with Gasteiger partial charge in [0.2, 0.25) is 0 Å². The van der Waals surface area contributed by atoms with Crippen LogP contribution >= 0.6 is 0 Å². The predicted molar refractivity (Wildman–Crippen MR) is 96.9 cm³/mol. The Labute approximate surface area is 146 Å². The summed E-state index contributed by atoms with van der Waals surface area (Å²) in [5.41, 5.74) is 1.84. The first-order valence-corrected chi connectivity index (χ1v) is 7.84. The quantitative estimate of drug-likeness (QED) is 0.651. The second-order valence-electron chi connectivity index (χ2n) is 5.45. The molecule has 1 N–H and O–H groups in total. The number of hydrogen-bond donors (Lipinski definition) is 1. The number of carbonyl (C=O) groups is 2. The van der Waals surface area contributed by atoms with Crippen LogP contribution in [0.15, 0.2) is 72.9 Å². The fraction of sp³-hybridized carbons (Fsp3) is 0.100. The molecule has 0 radical (unpaired) electrons. The van der Waals surface area contributed by atoms with Crippen LogP contribution in [0.4, 0.5) is 5.69 Å². The molecule has 0 saturated carbocycles. The molecule has 0 spiro atoms. The Morgan fingerprint density at radius 2 is 1.72 bits per heavy atom. The Morgan fingerprint density at radius 3 is 2.40 bits per heavy atom. The van der Waals surface area contributed by atoms with E-state index in [1.807, 2.05) is 36.4 Å². The summed E-state index contributed by atoms with van der Waals surface area (Å²) >= 11 is 0. The molecule has 0 saturated heterocycles. The number of nitrogens with zero attached hydrogens (tertiary/aromatic N) is 1. The maximum absolute atomic E-state index is 12.9. The van der Waals surface area contributed by atoms with Gasteiger partial charge < -0.3 is 10.1 Å². The van der Waals surface area contributed by atoms with E-state index in [-0.39, 0.29) is 24.1 Å². The van der Waals surface area contributed by atoms with Crippen LogP contribution < -0.4 is 10.1 Å². The van der Waals surface area contributed by atoms with Gasteiger partial charge in [0.25, 0.3) is 11.8 Å². The van der Waals surface area contributed by atoms with Crippen molar-refractivity contribution in [1.82, 2.24) is 4.90 Å². The van der Waals surface area contributed by atoms with Crippen molar-refractivity contribution in [2.75, 3.05) is 19.0 Å². The van der Waals surface area contributed by atoms with Crippen molar-refractivity contribution in [3.63, 3.8) is 0 Å². The fourth-order valence-corrected chi connectivity index (χ4v) is 2.75. The van der Waals surface area contributed by atoms with Crippen molar-refractivity contribution in [2.45, 2.75) is 0 Å². The zero-order valence-corrected chi connectivity index (χ0v) is 13.9. The number of imide groups is 1. The summed E-state index contributed by atoms with van der Waals surface area (Å²) in [5, 5.41) is 3.09. The van der Waals surface area contributed by atoms with Crippen molar-refractivity contribution in [1.29, 1.82) is 0 Å². The number of rotatable bonds is 6. The number of amides is 2. The van der Waals surface area contributed by atoms with Gasteiger partial charge >= 0.3 is 0 Å². The molecule has 2 aromatic rings. The van der Waals surface area contributed by atoms with E-state index in [9.17, 15) is 9.59 Å². The van der Waals surface area contributed by atoms with Crippen LogP contribution in [-0.4, -0.2) is 30.4 Å². The Morgan fingerprint density at radius 1 is 1.04 bits per heavy atom. The first-order chi connectivity index (χ1) is 12.2. The van der Waals surface area contributed by atoms with E-state index in [1.165, 1.54) is 18.1 Å². The van der Waals surface area contributed by atoms with Crippen molar-refractivity contribution in [3.8, 4) is 5.75 Å². The van der Waals surface area contributed by atoms with E-state index < -0.39 is 0 Å². The highest BCUT2D eigenvalue weighted by molar-refractivity contribution is 6.37. The Bertz CT molecular complexity index is 856. The molecule has 0 atom stereocenters. The number of benzene rings is 2. The average molecular weight is 334 g/mol. The normalized spacial score (nSPS) is 14.0. The molecule has 3 rings (SSSR count). The second-order valence-corrected chi connectivity index (χ2v) is 5.45. The van der Waals surface area contributed by atoms with Crippen LogP contribution in [0.2, 0.25) is 0 Å². The van der Waals surface area contributed by atoms with Crippen molar-refractivity contribution >= 4 is 23.1 Å². The third-order valence-corrected chi connectivity index (χ3v) is 3.90. The first-order valence-electron chi connectivity index (χ1n) is 7.84. The molecule has 0 unspecified atom stereocenters. The number of hydrogen-bond acceptors (Lipinski definition) is 4. The molecular weight excluding hydrogens is 316 g/mol. The maximum Gasteiger partial charge on any atom is 0.278 e. The van der Waals surface area contributed by atoms with E-state index in [2.05, 4.69) is 11.9 Å². The molecule has 0 fully saturated rings. The SMILES string of the molecule is C=CCN1C(=O)C(Nc2ccccc2)=C(c2ccccc2OC)C1=O. The number of methoxy groups -OCH3 is 1. The van der Waals surface area contributed by atoms with Crippen LogP contribution in [-0.2, 0) is 9.59 Å². The zero-order chi connectivity index (χ0) is 17.8. The van der Waals surface area contributed by atoms with E-state index in [1.54, 1.807) is 18.2 Å². The lowest BCUT2D eigenvalue weighted by Crippen LogP contribution is -2.32. The molecule has 2 amide bonds. The van der Waals surface area contributed by atoms with E-state index in [0.717, 1.165) is 5.69 Å². The van der Waals surface area contributed by atoms with Gasteiger partial charge in [-0.25, -0.2) is 0 Å². The van der Waals surface area contributed by atoms with E-state index >= 15 is 0 Å². The molecule has 25 heavy (non-hydrogen) atoms. The van der Waals surface area contributed by atoms with Gasteiger partial charge in [0.1, 0.15) is 11.4 Å². The first kappa shape index (κ1) is 16.5. The smallest absolute Gasteiger partial charge is 0.278 e. The van der Waals surface area contributed by atoms with Crippen LogP contribution in [0.1, 0.15) is 5.56 Å². The third kappa shape index (κ3) is 3.04. The minimum atomic E-state index is -0.380. The summed E-state index contributed by atoms with van der Waals surface area (Å²) in [7, 11) is 1.53. The fourth-order valence-electron chi connectivity index (χ4n) is 2.75. The average Bonchev–Trinajstić information content (AvgIpc) is 2.87. The summed E-state index contributed by atoms with van der Waals surface area (Å²) in [4.78, 5) is 26.8. The number of carbonyl (C=O) groups excluding carboxylic acids is 2. The Kier molecular flexibility index (Phi) is 4.66. The van der Waals surface area contributed by atoms with Crippen molar-refractivity contribution in [3.05, 3.63) is 78.5 Å². The summed E-state index contributed by atoms with van der Waals surface area (Å²) in [6.45, 7) is 3.77. The monoisotopic (exact) mass is 334 g/mol. The summed E-state index contributed by atoms with van der Waals surface area (Å²) in [6.07, 6.45) is 1.53. The number of nitrogens with one attached hydrogen (secondary N) is 1. The molecule has 5 nitrogen and oxygen atoms in total. The molecule has 0 bridgehead atoms. The standard InChI is InChI=1S/C20H18N2O3/c1-3-13-22-19(23)17(15-11-7-8-12-16(15)25-2)18(20(22)24)21-14-9-5-4-6-10-14/h3-12,21H,1,13H2,2H3. The van der Waals surface area contributed by atoms with Gasteiger partial charge in [0, 0.05) is 17.8 Å². The minimum Gasteiger partial charge on any atom is -0.496 e. The highest BCUT2D eigenvalue weighted by Gasteiger charge is 2.39. The molecule has 5 heteroatoms. The summed E-state index contributed by atoms with van der Waals surface area (Å²) < 4.78 is 5.37. The van der Waals surface area contributed by atoms with E-state index in [0.29, 0.717) is 16.9 Å². The topological polar surface area (TPSA) is 58.6 Å². The molecule has 1 heterocycles. The molecule has 126 valence electrons. The Balaban J connectivity index is 2.14. The van der Waals surface area contributed by atoms with Crippen LogP contribution in [0.25, 0.3) is 5.57 Å². The summed E-state index contributed by atoms with van der Waals surface area (Å²) in [6, 6.07) is 16.4. The lowest BCUT2D eigenvalue weighted by Gasteiger charge is -2.12. The van der Waals surface area contributed by atoms with Gasteiger partial charge in [-0.15, -0.1) is 6.58 Å². The molecule has 1 aliphatic heterocycles. The third-order valence-electron chi connectivity index (χ3n) is 3.90. The number of ether oxygens (including phenoxy) is 1. The lowest BCUT2D eigenvalue weighted by molar-refractivity contribution is -0.136. The number of anilines is 1. The van der Waals surface area contributed by atoms with Crippen molar-refractivity contribution < 1.29 is 14.3 Å². The van der Waals surface area contributed by atoms with Gasteiger partial charge in [-0.2, -0.15) is 0 Å². The number of para-hydroxylation sites is 2. The van der Waals surface area contributed by atoms with Crippen LogP contribution in [0, 0.1) is 0 Å². The molecule has 0 aliphatic carbocycles. The van der Waals surface area contributed by atoms with Gasteiger partial charge in [0.05, 0.1) is 12.7 Å². The van der Waals surface area contributed by atoms with E-state index in [4.69, 9.17) is 4.74 Å². The van der Waals surface area contributed by atoms with Crippen LogP contribution in [0.5, 0.6) is 5.75 Å². The van der Waals surface area contributed by atoms with Gasteiger partial charge in [-0.3, -0.25) is 14.5 Å². The van der Waals surface area contributed by atoms with Gasteiger partial charge in [-0.1, -0.05) is 42.5 Å². The highest BCUT2D eigenvalue weighted by Crippen LogP contribution is 2.35. The van der Waals surface area contributed by atoms with Crippen molar-refractivity contribution in [2.24, 2.45) is 0 Å². The second kappa shape index (κ2) is 7.05. The zero-order valence-electron chi connectivity index (χ0n) is 13.9. The molecule has 0 aromatic heterocycles. The molecule has 2 aromatic carbocycles. The molecular formula is C20H18N2O3. The minimum absolute atomic E-state index is 0.149. The predicted octanol–water partition coefficient (Wildman–Crippen LogP) is 3.07. The largest absolute Gasteiger partial charge is 0.496 e.